The molecule has 86 valence electrons. The van der Waals surface area contributed by atoms with E-state index in [1.807, 2.05) is 13.0 Å². The van der Waals surface area contributed by atoms with Gasteiger partial charge in [0.15, 0.2) is 0 Å². The molecule has 0 radical (unpaired) electrons. The molecule has 0 fully saturated rings. The molecule has 1 aromatic carbocycles. The zero-order valence-corrected chi connectivity index (χ0v) is 9.50. The number of hydrogen-bond donors (Lipinski definition) is 0. The third-order valence-electron chi connectivity index (χ3n) is 2.16. The normalized spacial score (nSPS) is 11.3. The molecule has 16 heavy (non-hydrogen) atoms. The van der Waals surface area contributed by atoms with Crippen molar-refractivity contribution in [3.8, 4) is 0 Å². The topological polar surface area (TPSA) is 26.3 Å². The minimum atomic E-state index is -0.293. The molecule has 3 heteroatoms. The van der Waals surface area contributed by atoms with Gasteiger partial charge in [-0.1, -0.05) is 25.1 Å². The molecule has 1 aromatic rings. The number of halogens is 1. The summed E-state index contributed by atoms with van der Waals surface area (Å²) in [7, 11) is 0. The molecule has 0 N–H and O–H groups in total. The molecule has 0 saturated carbocycles. The Morgan fingerprint density at radius 1 is 1.38 bits per heavy atom. The van der Waals surface area contributed by atoms with Crippen molar-refractivity contribution in [3.63, 3.8) is 0 Å². The number of esters is 1. The molecule has 1 rings (SSSR count). The Kier molecular flexibility index (Phi) is 4.70. The summed E-state index contributed by atoms with van der Waals surface area (Å²) in [5, 5.41) is 0. The van der Waals surface area contributed by atoms with Crippen LogP contribution in [0.15, 0.2) is 29.8 Å². The van der Waals surface area contributed by atoms with Crippen LogP contribution in [0.4, 0.5) is 4.39 Å². The van der Waals surface area contributed by atoms with Gasteiger partial charge in [0, 0.05) is 6.92 Å². The highest BCUT2D eigenvalue weighted by atomic mass is 19.1. The third kappa shape index (κ3) is 4.26. The first-order valence-corrected chi connectivity index (χ1v) is 5.20. The van der Waals surface area contributed by atoms with Crippen LogP contribution in [0.5, 0.6) is 0 Å². The van der Waals surface area contributed by atoms with Gasteiger partial charge in [0.1, 0.15) is 12.4 Å². The largest absolute Gasteiger partial charge is 0.461 e. The zero-order valence-electron chi connectivity index (χ0n) is 9.50. The molecule has 0 unspecified atom stereocenters. The summed E-state index contributed by atoms with van der Waals surface area (Å²) >= 11 is 0. The standard InChI is InChI=1S/C13H15FO2/c1-3-11(9-16-10(2)15)8-12-4-6-13(14)7-5-12/h4-8H,3,9H2,1-2H3/b11-8+. The Labute approximate surface area is 94.7 Å². The summed E-state index contributed by atoms with van der Waals surface area (Å²) in [6, 6.07) is 6.20. The van der Waals surface area contributed by atoms with Crippen molar-refractivity contribution in [1.82, 2.24) is 0 Å². The molecule has 0 heterocycles. The van der Waals surface area contributed by atoms with E-state index in [4.69, 9.17) is 4.74 Å². The summed E-state index contributed by atoms with van der Waals surface area (Å²) < 4.78 is 17.6. The summed E-state index contributed by atoms with van der Waals surface area (Å²) in [6.45, 7) is 3.66. The Balaban J connectivity index is 2.71. The predicted molar refractivity (Wildman–Crippen MR) is 61.3 cm³/mol. The predicted octanol–water partition coefficient (Wildman–Crippen LogP) is 3.18. The van der Waals surface area contributed by atoms with Gasteiger partial charge < -0.3 is 4.74 Å². The van der Waals surface area contributed by atoms with E-state index in [-0.39, 0.29) is 11.8 Å². The maximum Gasteiger partial charge on any atom is 0.302 e. The molecular weight excluding hydrogens is 207 g/mol. The van der Waals surface area contributed by atoms with Gasteiger partial charge in [-0.25, -0.2) is 4.39 Å². The van der Waals surface area contributed by atoms with Crippen molar-refractivity contribution < 1.29 is 13.9 Å². The lowest BCUT2D eigenvalue weighted by Gasteiger charge is -2.05. The molecule has 2 nitrogen and oxygen atoms in total. The SMILES string of the molecule is CC/C(=C\c1ccc(F)cc1)COC(C)=O. The Hall–Kier alpha value is -1.64. The lowest BCUT2D eigenvalue weighted by molar-refractivity contribution is -0.139. The van der Waals surface area contributed by atoms with Crippen LogP contribution in [-0.2, 0) is 9.53 Å². The van der Waals surface area contributed by atoms with Crippen LogP contribution in [0, 0.1) is 5.82 Å². The van der Waals surface area contributed by atoms with Crippen LogP contribution in [-0.4, -0.2) is 12.6 Å². The smallest absolute Gasteiger partial charge is 0.302 e. The molecule has 0 aromatic heterocycles. The maximum atomic E-state index is 12.7. The number of ether oxygens (including phenoxy) is 1. The van der Waals surface area contributed by atoms with Crippen molar-refractivity contribution in [2.45, 2.75) is 20.3 Å². The zero-order chi connectivity index (χ0) is 12.0. The minimum absolute atomic E-state index is 0.254. The van der Waals surface area contributed by atoms with Gasteiger partial charge in [-0.3, -0.25) is 4.79 Å². The van der Waals surface area contributed by atoms with Crippen LogP contribution in [0.3, 0.4) is 0 Å². The lowest BCUT2D eigenvalue weighted by Crippen LogP contribution is -2.02. The molecule has 0 saturated heterocycles. The van der Waals surface area contributed by atoms with E-state index >= 15 is 0 Å². The number of benzene rings is 1. The fourth-order valence-electron chi connectivity index (χ4n) is 1.23. The Morgan fingerprint density at radius 3 is 2.50 bits per heavy atom. The maximum absolute atomic E-state index is 12.7. The Bertz CT molecular complexity index is 379. The van der Waals surface area contributed by atoms with Crippen molar-refractivity contribution >= 4 is 12.0 Å². The van der Waals surface area contributed by atoms with Crippen molar-refractivity contribution in [2.75, 3.05) is 6.61 Å². The highest BCUT2D eigenvalue weighted by molar-refractivity contribution is 5.66. The van der Waals surface area contributed by atoms with Crippen molar-refractivity contribution in [3.05, 3.63) is 41.2 Å². The number of rotatable bonds is 4. The molecule has 0 spiro atoms. The van der Waals surface area contributed by atoms with Crippen LogP contribution in [0.1, 0.15) is 25.8 Å². The van der Waals surface area contributed by atoms with E-state index in [9.17, 15) is 9.18 Å². The number of carbonyl (C=O) groups excluding carboxylic acids is 1. The third-order valence-corrected chi connectivity index (χ3v) is 2.16. The number of hydrogen-bond acceptors (Lipinski definition) is 2. The first kappa shape index (κ1) is 12.4. The van der Waals surface area contributed by atoms with E-state index in [0.29, 0.717) is 6.61 Å². The lowest BCUT2D eigenvalue weighted by atomic mass is 10.1. The van der Waals surface area contributed by atoms with E-state index < -0.39 is 0 Å². The Morgan fingerprint density at radius 2 is 2.00 bits per heavy atom. The van der Waals surface area contributed by atoms with Gasteiger partial charge >= 0.3 is 5.97 Å². The molecule has 0 aliphatic rings. The average Bonchev–Trinajstić information content (AvgIpc) is 2.26. The van der Waals surface area contributed by atoms with E-state index in [2.05, 4.69) is 0 Å². The fraction of sp³-hybridized carbons (Fsp3) is 0.308. The van der Waals surface area contributed by atoms with Gasteiger partial charge in [-0.15, -0.1) is 0 Å². The minimum Gasteiger partial charge on any atom is -0.461 e. The van der Waals surface area contributed by atoms with Crippen molar-refractivity contribution in [1.29, 1.82) is 0 Å². The average molecular weight is 222 g/mol. The number of carbonyl (C=O) groups is 1. The van der Waals surface area contributed by atoms with Gasteiger partial charge in [0.2, 0.25) is 0 Å². The highest BCUT2D eigenvalue weighted by Gasteiger charge is 1.99. The molecule has 0 aliphatic heterocycles. The summed E-state index contributed by atoms with van der Waals surface area (Å²) in [4.78, 5) is 10.7. The molecule has 0 bridgehead atoms. The van der Waals surface area contributed by atoms with E-state index in [0.717, 1.165) is 17.6 Å². The monoisotopic (exact) mass is 222 g/mol. The molecule has 0 amide bonds. The van der Waals surface area contributed by atoms with E-state index in [1.54, 1.807) is 12.1 Å². The summed E-state index contributed by atoms with van der Waals surface area (Å²) in [5.74, 6) is -0.548. The second kappa shape index (κ2) is 6.05. The van der Waals surface area contributed by atoms with Crippen LogP contribution in [0.2, 0.25) is 0 Å². The van der Waals surface area contributed by atoms with Crippen molar-refractivity contribution in [2.24, 2.45) is 0 Å². The van der Waals surface area contributed by atoms with Gasteiger partial charge in [-0.2, -0.15) is 0 Å². The second-order valence-corrected chi connectivity index (χ2v) is 3.49. The fourth-order valence-corrected chi connectivity index (χ4v) is 1.23. The van der Waals surface area contributed by atoms with Gasteiger partial charge in [-0.05, 0) is 29.7 Å². The molecule has 0 aliphatic carbocycles. The van der Waals surface area contributed by atoms with Gasteiger partial charge in [0.25, 0.3) is 0 Å². The summed E-state index contributed by atoms with van der Waals surface area (Å²) in [6.07, 6.45) is 2.70. The summed E-state index contributed by atoms with van der Waals surface area (Å²) in [5.41, 5.74) is 1.91. The second-order valence-electron chi connectivity index (χ2n) is 3.49. The van der Waals surface area contributed by atoms with Crippen LogP contribution >= 0.6 is 0 Å². The highest BCUT2D eigenvalue weighted by Crippen LogP contribution is 2.11. The quantitative estimate of drug-likeness (QED) is 0.731. The van der Waals surface area contributed by atoms with E-state index in [1.165, 1.54) is 19.1 Å². The molecule has 0 atom stereocenters. The molecular formula is C13H15FO2. The first-order valence-electron chi connectivity index (χ1n) is 5.20. The first-order chi connectivity index (χ1) is 7.61. The van der Waals surface area contributed by atoms with Crippen LogP contribution < -0.4 is 0 Å². The van der Waals surface area contributed by atoms with Crippen LogP contribution in [0.25, 0.3) is 6.08 Å². The van der Waals surface area contributed by atoms with Gasteiger partial charge in [0.05, 0.1) is 0 Å².